The third-order valence-electron chi connectivity index (χ3n) is 2.33. The largest absolute Gasteiger partial charge is 0.426 e. The predicted molar refractivity (Wildman–Crippen MR) is 68.3 cm³/mol. The van der Waals surface area contributed by atoms with Gasteiger partial charge in [0.2, 0.25) is 0 Å². The number of benzene rings is 1. The Labute approximate surface area is 111 Å². The first kappa shape index (κ1) is 14.9. The van der Waals surface area contributed by atoms with E-state index in [9.17, 15) is 14.4 Å². The molecule has 0 aliphatic heterocycles. The van der Waals surface area contributed by atoms with Crippen molar-refractivity contribution < 1.29 is 23.9 Å². The molecule has 0 amide bonds. The second-order valence-corrected chi connectivity index (χ2v) is 3.90. The number of esters is 2. The van der Waals surface area contributed by atoms with Gasteiger partial charge < -0.3 is 9.47 Å². The number of rotatable bonds is 5. The fraction of sp³-hybridized carbons (Fsp3) is 0.357. The molecule has 0 heterocycles. The van der Waals surface area contributed by atoms with Crippen LogP contribution in [0.5, 0.6) is 11.5 Å². The minimum atomic E-state index is -0.423. The van der Waals surface area contributed by atoms with Gasteiger partial charge in [-0.15, -0.1) is 0 Å². The SMILES string of the molecule is CCC(=O)Oc1cc(OC(=O)CC)cc(C(C)=O)c1. The van der Waals surface area contributed by atoms with E-state index >= 15 is 0 Å². The van der Waals surface area contributed by atoms with Crippen LogP contribution in [-0.4, -0.2) is 17.7 Å². The molecule has 102 valence electrons. The first-order chi connectivity index (χ1) is 8.96. The summed E-state index contributed by atoms with van der Waals surface area (Å²) in [6.45, 7) is 4.70. The van der Waals surface area contributed by atoms with Crippen molar-refractivity contribution >= 4 is 17.7 Å². The number of hydrogen-bond acceptors (Lipinski definition) is 5. The molecular formula is C14H16O5. The molecule has 0 aliphatic carbocycles. The number of ether oxygens (including phenoxy) is 2. The molecule has 0 bridgehead atoms. The molecule has 1 rings (SSSR count). The van der Waals surface area contributed by atoms with Crippen LogP contribution in [0.2, 0.25) is 0 Å². The Balaban J connectivity index is 3.06. The van der Waals surface area contributed by atoms with Crippen molar-refractivity contribution in [2.75, 3.05) is 0 Å². The summed E-state index contributed by atoms with van der Waals surface area (Å²) in [5.41, 5.74) is 0.320. The van der Waals surface area contributed by atoms with Crippen LogP contribution in [0, 0.1) is 0 Å². The topological polar surface area (TPSA) is 69.7 Å². The van der Waals surface area contributed by atoms with Gasteiger partial charge in [-0.1, -0.05) is 13.8 Å². The molecule has 5 heteroatoms. The lowest BCUT2D eigenvalue weighted by Crippen LogP contribution is -2.09. The average molecular weight is 264 g/mol. The summed E-state index contributed by atoms with van der Waals surface area (Å²) < 4.78 is 10.1. The lowest BCUT2D eigenvalue weighted by atomic mass is 10.1. The number of carbonyl (C=O) groups is 3. The summed E-state index contributed by atoms with van der Waals surface area (Å²) in [7, 11) is 0. The molecule has 5 nitrogen and oxygen atoms in total. The van der Waals surface area contributed by atoms with Gasteiger partial charge >= 0.3 is 11.9 Å². The van der Waals surface area contributed by atoms with E-state index in [0.717, 1.165) is 0 Å². The summed E-state index contributed by atoms with van der Waals surface area (Å²) >= 11 is 0. The van der Waals surface area contributed by atoms with Crippen molar-refractivity contribution in [3.8, 4) is 11.5 Å². The van der Waals surface area contributed by atoms with E-state index in [4.69, 9.17) is 9.47 Å². The molecule has 1 aromatic rings. The first-order valence-electron chi connectivity index (χ1n) is 6.03. The molecule has 0 saturated heterocycles. The van der Waals surface area contributed by atoms with Gasteiger partial charge in [0.15, 0.2) is 5.78 Å². The van der Waals surface area contributed by atoms with Crippen molar-refractivity contribution in [2.45, 2.75) is 33.6 Å². The summed E-state index contributed by atoms with van der Waals surface area (Å²) in [6.07, 6.45) is 0.433. The van der Waals surface area contributed by atoms with Crippen LogP contribution in [0.15, 0.2) is 18.2 Å². The fourth-order valence-electron chi connectivity index (χ4n) is 1.30. The first-order valence-corrected chi connectivity index (χ1v) is 6.03. The highest BCUT2D eigenvalue weighted by Crippen LogP contribution is 2.24. The lowest BCUT2D eigenvalue weighted by molar-refractivity contribution is -0.134. The van der Waals surface area contributed by atoms with Gasteiger partial charge in [0.1, 0.15) is 11.5 Å². The van der Waals surface area contributed by atoms with Crippen molar-refractivity contribution in [1.82, 2.24) is 0 Å². The van der Waals surface area contributed by atoms with Crippen molar-refractivity contribution in [3.63, 3.8) is 0 Å². The Morgan fingerprint density at radius 2 is 1.32 bits per heavy atom. The molecule has 0 atom stereocenters. The highest BCUT2D eigenvalue weighted by atomic mass is 16.5. The molecule has 0 fully saturated rings. The minimum Gasteiger partial charge on any atom is -0.426 e. The maximum Gasteiger partial charge on any atom is 0.310 e. The summed E-state index contributed by atoms with van der Waals surface area (Å²) in [4.78, 5) is 33.9. The summed E-state index contributed by atoms with van der Waals surface area (Å²) in [5.74, 6) is -0.665. The van der Waals surface area contributed by atoms with Crippen LogP contribution in [-0.2, 0) is 9.59 Å². The van der Waals surface area contributed by atoms with Crippen LogP contribution >= 0.6 is 0 Å². The zero-order valence-electron chi connectivity index (χ0n) is 11.2. The van der Waals surface area contributed by atoms with Gasteiger partial charge in [0.25, 0.3) is 0 Å². The van der Waals surface area contributed by atoms with Crippen LogP contribution in [0.1, 0.15) is 44.0 Å². The van der Waals surface area contributed by atoms with Crippen molar-refractivity contribution in [3.05, 3.63) is 23.8 Å². The van der Waals surface area contributed by atoms with Gasteiger partial charge in [0.05, 0.1) is 0 Å². The highest BCUT2D eigenvalue weighted by molar-refractivity contribution is 5.95. The van der Waals surface area contributed by atoms with E-state index < -0.39 is 11.9 Å². The van der Waals surface area contributed by atoms with Crippen LogP contribution in [0.25, 0.3) is 0 Å². The third-order valence-corrected chi connectivity index (χ3v) is 2.33. The van der Waals surface area contributed by atoms with E-state index in [1.165, 1.54) is 25.1 Å². The van der Waals surface area contributed by atoms with Gasteiger partial charge in [0, 0.05) is 24.5 Å². The standard InChI is InChI=1S/C14H16O5/c1-4-13(16)18-11-6-10(9(3)15)7-12(8-11)19-14(17)5-2/h6-8H,4-5H2,1-3H3. The minimum absolute atomic E-state index is 0.193. The Hall–Kier alpha value is -2.17. The van der Waals surface area contributed by atoms with E-state index in [1.54, 1.807) is 13.8 Å². The molecule has 0 aliphatic rings. The van der Waals surface area contributed by atoms with E-state index in [1.807, 2.05) is 0 Å². The zero-order chi connectivity index (χ0) is 14.4. The summed E-state index contributed by atoms with van der Waals surface area (Å²) in [6, 6.07) is 4.30. The van der Waals surface area contributed by atoms with Crippen molar-refractivity contribution in [2.24, 2.45) is 0 Å². The van der Waals surface area contributed by atoms with Crippen LogP contribution in [0.3, 0.4) is 0 Å². The number of carbonyl (C=O) groups excluding carboxylic acids is 3. The number of hydrogen-bond donors (Lipinski definition) is 0. The maximum atomic E-state index is 11.4. The molecular weight excluding hydrogens is 248 g/mol. The second-order valence-electron chi connectivity index (χ2n) is 3.90. The van der Waals surface area contributed by atoms with Crippen molar-refractivity contribution in [1.29, 1.82) is 0 Å². The quantitative estimate of drug-likeness (QED) is 0.464. The van der Waals surface area contributed by atoms with Crippen LogP contribution in [0.4, 0.5) is 0 Å². The van der Waals surface area contributed by atoms with Gasteiger partial charge in [-0.25, -0.2) is 0 Å². The Kier molecular flexibility index (Phi) is 5.23. The maximum absolute atomic E-state index is 11.4. The molecule has 19 heavy (non-hydrogen) atoms. The smallest absolute Gasteiger partial charge is 0.310 e. The van der Waals surface area contributed by atoms with Gasteiger partial charge in [-0.2, -0.15) is 0 Å². The highest BCUT2D eigenvalue weighted by Gasteiger charge is 2.11. The predicted octanol–water partition coefficient (Wildman–Crippen LogP) is 2.52. The summed E-state index contributed by atoms with van der Waals surface area (Å²) in [5, 5.41) is 0. The fourth-order valence-corrected chi connectivity index (χ4v) is 1.30. The lowest BCUT2D eigenvalue weighted by Gasteiger charge is -2.08. The Bertz CT molecular complexity index is 468. The van der Waals surface area contributed by atoms with E-state index in [-0.39, 0.29) is 30.1 Å². The normalized spacial score (nSPS) is 9.84. The zero-order valence-corrected chi connectivity index (χ0v) is 11.2. The van der Waals surface area contributed by atoms with Gasteiger partial charge in [-0.05, 0) is 19.1 Å². The second kappa shape index (κ2) is 6.68. The van der Waals surface area contributed by atoms with E-state index in [2.05, 4.69) is 0 Å². The molecule has 0 radical (unpaired) electrons. The molecule has 0 unspecified atom stereocenters. The number of ketones is 1. The molecule has 0 saturated carbocycles. The Morgan fingerprint density at radius 3 is 1.63 bits per heavy atom. The monoisotopic (exact) mass is 264 g/mol. The third kappa shape index (κ3) is 4.54. The van der Waals surface area contributed by atoms with Gasteiger partial charge in [-0.3, -0.25) is 14.4 Å². The van der Waals surface area contributed by atoms with E-state index in [0.29, 0.717) is 5.56 Å². The Morgan fingerprint density at radius 1 is 0.895 bits per heavy atom. The molecule has 0 spiro atoms. The number of Topliss-reactive ketones (excluding diaryl/α,β-unsaturated/α-hetero) is 1. The average Bonchev–Trinajstić information content (AvgIpc) is 2.37. The molecule has 0 N–H and O–H groups in total. The van der Waals surface area contributed by atoms with Crippen LogP contribution < -0.4 is 9.47 Å². The molecule has 0 aromatic heterocycles. The molecule has 1 aromatic carbocycles.